The summed E-state index contributed by atoms with van der Waals surface area (Å²) in [7, 11) is 4.13. The molecule has 0 aliphatic carbocycles. The van der Waals surface area contributed by atoms with Gasteiger partial charge in [0, 0.05) is 37.8 Å². The average Bonchev–Trinajstić information content (AvgIpc) is 2.18. The molecule has 0 fully saturated rings. The summed E-state index contributed by atoms with van der Waals surface area (Å²) < 4.78 is 2.25. The van der Waals surface area contributed by atoms with Crippen LogP contribution in [0.2, 0.25) is 0 Å². The first-order chi connectivity index (χ1) is 6.63. The van der Waals surface area contributed by atoms with Gasteiger partial charge in [-0.1, -0.05) is 13.8 Å². The molecule has 0 aliphatic rings. The Kier molecular flexibility index (Phi) is 6.34. The maximum absolute atomic E-state index is 2.28. The lowest BCUT2D eigenvalue weighted by molar-refractivity contribution is -0.702. The van der Waals surface area contributed by atoms with Crippen LogP contribution >= 0.6 is 0 Å². The van der Waals surface area contributed by atoms with Gasteiger partial charge in [0.25, 0.3) is 0 Å². The van der Waals surface area contributed by atoms with E-state index in [1.807, 2.05) is 0 Å². The maximum atomic E-state index is 2.28. The molecule has 1 atom stereocenters. The smallest absolute Gasteiger partial charge is 0.170 e. The third kappa shape index (κ3) is 4.52. The van der Waals surface area contributed by atoms with E-state index < -0.39 is 0 Å². The first-order valence-electron chi connectivity index (χ1n) is 5.30. The summed E-state index contributed by atoms with van der Waals surface area (Å²) in [6.45, 7) is 5.64. The molecule has 1 heterocycles. The Morgan fingerprint density at radius 1 is 1.27 bits per heavy atom. The summed E-state index contributed by atoms with van der Waals surface area (Å²) in [5, 5.41) is 0. The molecule has 1 aromatic rings. The molecule has 0 aromatic carbocycles. The van der Waals surface area contributed by atoms with Crippen LogP contribution in [-0.2, 0) is 6.54 Å². The van der Waals surface area contributed by atoms with Crippen molar-refractivity contribution >= 4 is 5.69 Å². The predicted molar refractivity (Wildman–Crippen MR) is 60.4 cm³/mol. The van der Waals surface area contributed by atoms with E-state index in [2.05, 4.69) is 61.9 Å². The topological polar surface area (TPSA) is 7.12 Å². The van der Waals surface area contributed by atoms with Gasteiger partial charge in [-0.2, -0.15) is 0 Å². The van der Waals surface area contributed by atoms with E-state index in [4.69, 9.17) is 0 Å². The molecule has 15 heavy (non-hydrogen) atoms. The lowest BCUT2D eigenvalue weighted by atomic mass is 10.1. The predicted octanol–water partition coefficient (Wildman–Crippen LogP) is -0.910. The molecule has 0 aliphatic heterocycles. The monoisotopic (exact) mass is 228 g/mol. The van der Waals surface area contributed by atoms with E-state index in [1.54, 1.807) is 0 Å². The van der Waals surface area contributed by atoms with Gasteiger partial charge in [0.1, 0.15) is 0 Å². The molecule has 0 spiro atoms. The fourth-order valence-corrected chi connectivity index (χ4v) is 1.36. The van der Waals surface area contributed by atoms with Crippen molar-refractivity contribution in [2.24, 2.45) is 5.92 Å². The van der Waals surface area contributed by atoms with Gasteiger partial charge < -0.3 is 17.3 Å². The van der Waals surface area contributed by atoms with Crippen molar-refractivity contribution < 1.29 is 17.0 Å². The van der Waals surface area contributed by atoms with Crippen LogP contribution in [0.25, 0.3) is 0 Å². The molecule has 1 unspecified atom stereocenters. The standard InChI is InChI=1S/C12H21N2.ClH/c1-5-11(2)10-14-8-6-12(7-9-14)13(3)4;/h6-9,11H,5,10H2,1-4H3;1H/q+1;/p-1. The van der Waals surface area contributed by atoms with Gasteiger partial charge in [-0.3, -0.25) is 0 Å². The number of rotatable bonds is 4. The Hall–Kier alpha value is -0.760. The van der Waals surface area contributed by atoms with Gasteiger partial charge in [-0.25, -0.2) is 4.57 Å². The lowest BCUT2D eigenvalue weighted by Gasteiger charge is -2.11. The molecule has 1 rings (SSSR count). The molecular weight excluding hydrogens is 208 g/mol. The second kappa shape index (κ2) is 6.67. The third-order valence-corrected chi connectivity index (χ3v) is 2.61. The van der Waals surface area contributed by atoms with Crippen LogP contribution in [0.15, 0.2) is 24.5 Å². The molecule has 3 heteroatoms. The van der Waals surface area contributed by atoms with Gasteiger partial charge in [0.15, 0.2) is 18.9 Å². The fraction of sp³-hybridized carbons (Fsp3) is 0.583. The summed E-state index contributed by atoms with van der Waals surface area (Å²) in [6, 6.07) is 4.31. The highest BCUT2D eigenvalue weighted by Gasteiger charge is 2.06. The summed E-state index contributed by atoms with van der Waals surface area (Å²) in [4.78, 5) is 2.12. The van der Waals surface area contributed by atoms with Crippen molar-refractivity contribution in [2.75, 3.05) is 19.0 Å². The Labute approximate surface area is 99.3 Å². The second-order valence-electron chi connectivity index (χ2n) is 4.16. The highest BCUT2D eigenvalue weighted by Crippen LogP contribution is 2.07. The highest BCUT2D eigenvalue weighted by molar-refractivity contribution is 5.41. The van der Waals surface area contributed by atoms with E-state index in [1.165, 1.54) is 12.1 Å². The van der Waals surface area contributed by atoms with E-state index in [9.17, 15) is 0 Å². The third-order valence-electron chi connectivity index (χ3n) is 2.61. The van der Waals surface area contributed by atoms with E-state index in [0.29, 0.717) is 0 Å². The zero-order chi connectivity index (χ0) is 10.6. The highest BCUT2D eigenvalue weighted by atomic mass is 35.5. The number of anilines is 1. The molecular formula is C12H21ClN2. The maximum Gasteiger partial charge on any atom is 0.170 e. The van der Waals surface area contributed by atoms with E-state index in [0.717, 1.165) is 12.5 Å². The van der Waals surface area contributed by atoms with Crippen molar-refractivity contribution in [3.8, 4) is 0 Å². The molecule has 0 N–H and O–H groups in total. The minimum absolute atomic E-state index is 0. The van der Waals surface area contributed by atoms with Crippen LogP contribution in [-0.4, -0.2) is 14.1 Å². The summed E-state index contributed by atoms with van der Waals surface area (Å²) in [5.74, 6) is 0.755. The molecule has 0 radical (unpaired) electrons. The van der Waals surface area contributed by atoms with E-state index >= 15 is 0 Å². The first kappa shape index (κ1) is 14.2. The van der Waals surface area contributed by atoms with Gasteiger partial charge in [-0.15, -0.1) is 0 Å². The Morgan fingerprint density at radius 2 is 1.80 bits per heavy atom. The van der Waals surface area contributed by atoms with Gasteiger partial charge in [0.05, 0.1) is 0 Å². The average molecular weight is 229 g/mol. The Bertz CT molecular complexity index is 269. The van der Waals surface area contributed by atoms with Crippen LogP contribution in [0.1, 0.15) is 20.3 Å². The Morgan fingerprint density at radius 3 is 2.20 bits per heavy atom. The normalized spacial score (nSPS) is 11.7. The van der Waals surface area contributed by atoms with Crippen LogP contribution in [0.3, 0.4) is 0 Å². The minimum Gasteiger partial charge on any atom is -1.00 e. The van der Waals surface area contributed by atoms with Crippen molar-refractivity contribution in [2.45, 2.75) is 26.8 Å². The number of hydrogen-bond acceptors (Lipinski definition) is 1. The summed E-state index contributed by atoms with van der Waals surface area (Å²) >= 11 is 0. The van der Waals surface area contributed by atoms with Gasteiger partial charge in [-0.05, 0) is 6.42 Å². The molecule has 86 valence electrons. The van der Waals surface area contributed by atoms with Crippen molar-refractivity contribution in [1.82, 2.24) is 0 Å². The van der Waals surface area contributed by atoms with Gasteiger partial charge >= 0.3 is 0 Å². The number of pyridine rings is 1. The zero-order valence-electron chi connectivity index (χ0n) is 10.1. The number of halogens is 1. The van der Waals surface area contributed by atoms with E-state index in [-0.39, 0.29) is 12.4 Å². The number of aromatic nitrogens is 1. The largest absolute Gasteiger partial charge is 1.00 e. The van der Waals surface area contributed by atoms with Crippen LogP contribution in [0.5, 0.6) is 0 Å². The molecule has 0 amide bonds. The lowest BCUT2D eigenvalue weighted by Crippen LogP contribution is -3.00. The molecule has 2 nitrogen and oxygen atoms in total. The quantitative estimate of drug-likeness (QED) is 0.606. The van der Waals surface area contributed by atoms with Crippen LogP contribution in [0, 0.1) is 5.92 Å². The van der Waals surface area contributed by atoms with Crippen LogP contribution < -0.4 is 21.9 Å². The van der Waals surface area contributed by atoms with Gasteiger partial charge in [0.2, 0.25) is 0 Å². The van der Waals surface area contributed by atoms with Crippen molar-refractivity contribution in [3.05, 3.63) is 24.5 Å². The number of nitrogens with zero attached hydrogens (tertiary/aromatic N) is 2. The summed E-state index contributed by atoms with van der Waals surface area (Å²) in [5.41, 5.74) is 1.26. The molecule has 0 bridgehead atoms. The first-order valence-corrected chi connectivity index (χ1v) is 5.30. The second-order valence-corrected chi connectivity index (χ2v) is 4.16. The summed E-state index contributed by atoms with van der Waals surface area (Å²) in [6.07, 6.45) is 5.55. The molecule has 0 saturated carbocycles. The SMILES string of the molecule is CCC(C)C[n+]1ccc(N(C)C)cc1.[Cl-]. The molecule has 0 saturated heterocycles. The van der Waals surface area contributed by atoms with Crippen molar-refractivity contribution in [1.29, 1.82) is 0 Å². The van der Waals surface area contributed by atoms with Crippen molar-refractivity contribution in [3.63, 3.8) is 0 Å². The minimum atomic E-state index is 0. The fourth-order valence-electron chi connectivity index (χ4n) is 1.36. The van der Waals surface area contributed by atoms with Crippen LogP contribution in [0.4, 0.5) is 5.69 Å². The zero-order valence-corrected chi connectivity index (χ0v) is 10.8. The number of hydrogen-bond donors (Lipinski definition) is 0. The molecule has 1 aromatic heterocycles. The Balaban J connectivity index is 0.00000196.